The minimum atomic E-state index is -0.574. The van der Waals surface area contributed by atoms with Crippen molar-refractivity contribution in [2.75, 3.05) is 13.7 Å². The number of nitro groups is 1. The van der Waals surface area contributed by atoms with Crippen LogP contribution >= 0.6 is 0 Å². The molecule has 22 heavy (non-hydrogen) atoms. The van der Waals surface area contributed by atoms with Gasteiger partial charge < -0.3 is 14.8 Å². The third kappa shape index (κ3) is 5.43. The molecule has 7 heteroatoms. The number of nitro benzene ring substituents is 1. The van der Waals surface area contributed by atoms with Crippen LogP contribution in [0.15, 0.2) is 24.3 Å². The summed E-state index contributed by atoms with van der Waals surface area (Å²) < 4.78 is 10.2. The van der Waals surface area contributed by atoms with Gasteiger partial charge in [-0.3, -0.25) is 10.1 Å². The van der Waals surface area contributed by atoms with Crippen molar-refractivity contribution < 1.29 is 19.2 Å². The predicted octanol–water partition coefficient (Wildman–Crippen LogP) is 3.14. The third-order valence-corrected chi connectivity index (χ3v) is 2.51. The molecule has 1 rings (SSSR count). The Balaban J connectivity index is 2.74. The summed E-state index contributed by atoms with van der Waals surface area (Å²) in [6.45, 7) is 5.48. The van der Waals surface area contributed by atoms with Crippen LogP contribution in [0.1, 0.15) is 26.3 Å². The molecule has 120 valence electrons. The van der Waals surface area contributed by atoms with Gasteiger partial charge in [0.15, 0.2) is 0 Å². The maximum Gasteiger partial charge on any atom is 0.407 e. The minimum Gasteiger partial charge on any atom is -0.496 e. The lowest BCUT2D eigenvalue weighted by Crippen LogP contribution is -2.32. The van der Waals surface area contributed by atoms with Crippen molar-refractivity contribution >= 4 is 17.9 Å². The number of alkyl carbamates (subject to hydrolysis) is 1. The number of nitrogens with zero attached hydrogens (tertiary/aromatic N) is 1. The van der Waals surface area contributed by atoms with Gasteiger partial charge in [-0.2, -0.15) is 0 Å². The van der Waals surface area contributed by atoms with Gasteiger partial charge in [0.2, 0.25) is 0 Å². The smallest absolute Gasteiger partial charge is 0.407 e. The second kappa shape index (κ2) is 7.44. The summed E-state index contributed by atoms with van der Waals surface area (Å²) >= 11 is 0. The van der Waals surface area contributed by atoms with E-state index < -0.39 is 16.6 Å². The van der Waals surface area contributed by atoms with Gasteiger partial charge in [-0.1, -0.05) is 12.1 Å². The number of amides is 1. The molecule has 0 unspecified atom stereocenters. The molecule has 0 saturated heterocycles. The second-order valence-corrected chi connectivity index (χ2v) is 5.44. The Labute approximate surface area is 129 Å². The number of methoxy groups -OCH3 is 1. The lowest BCUT2D eigenvalue weighted by atomic mass is 10.1. The highest BCUT2D eigenvalue weighted by molar-refractivity contribution is 5.70. The third-order valence-electron chi connectivity index (χ3n) is 2.51. The predicted molar refractivity (Wildman–Crippen MR) is 82.9 cm³/mol. The fourth-order valence-corrected chi connectivity index (χ4v) is 1.67. The van der Waals surface area contributed by atoms with E-state index in [1.807, 2.05) is 0 Å². The molecule has 0 heterocycles. The van der Waals surface area contributed by atoms with Gasteiger partial charge in [0.25, 0.3) is 5.69 Å². The van der Waals surface area contributed by atoms with E-state index in [0.29, 0.717) is 11.3 Å². The molecule has 0 spiro atoms. The summed E-state index contributed by atoms with van der Waals surface area (Å²) in [5.41, 5.74) is -0.288. The molecule has 1 aromatic carbocycles. The Hall–Kier alpha value is -2.57. The van der Waals surface area contributed by atoms with Gasteiger partial charge in [-0.15, -0.1) is 0 Å². The Kier molecular flexibility index (Phi) is 5.91. The molecule has 0 fully saturated rings. The molecule has 0 atom stereocenters. The zero-order valence-electron chi connectivity index (χ0n) is 13.1. The number of nitrogens with one attached hydrogen (secondary N) is 1. The minimum absolute atomic E-state index is 0.0622. The Morgan fingerprint density at radius 3 is 2.64 bits per heavy atom. The van der Waals surface area contributed by atoms with Crippen molar-refractivity contribution in [3.05, 3.63) is 40.0 Å². The number of benzene rings is 1. The molecule has 0 saturated carbocycles. The lowest BCUT2D eigenvalue weighted by molar-refractivity contribution is -0.385. The maximum absolute atomic E-state index is 11.5. The topological polar surface area (TPSA) is 90.7 Å². The average Bonchev–Trinajstić information content (AvgIpc) is 2.41. The molecule has 1 amide bonds. The van der Waals surface area contributed by atoms with Crippen LogP contribution in [-0.2, 0) is 4.74 Å². The van der Waals surface area contributed by atoms with Crippen molar-refractivity contribution in [2.24, 2.45) is 0 Å². The SMILES string of the molecule is COc1cccc([N+](=O)[O-])c1C=CCNC(=O)OC(C)(C)C. The van der Waals surface area contributed by atoms with Crippen LogP contribution in [0.5, 0.6) is 5.75 Å². The molecule has 0 aromatic heterocycles. The van der Waals surface area contributed by atoms with Gasteiger partial charge in [0.1, 0.15) is 11.4 Å². The Bertz CT molecular complexity index is 576. The largest absolute Gasteiger partial charge is 0.496 e. The van der Waals surface area contributed by atoms with Crippen molar-refractivity contribution in [3.8, 4) is 5.75 Å². The van der Waals surface area contributed by atoms with Gasteiger partial charge in [-0.05, 0) is 32.9 Å². The number of carbonyl (C=O) groups is 1. The van der Waals surface area contributed by atoms with E-state index in [4.69, 9.17) is 9.47 Å². The van der Waals surface area contributed by atoms with E-state index in [2.05, 4.69) is 5.32 Å². The number of hydrogen-bond acceptors (Lipinski definition) is 5. The summed E-state index contributed by atoms with van der Waals surface area (Å²) in [5.74, 6) is 0.391. The fraction of sp³-hybridized carbons (Fsp3) is 0.400. The highest BCUT2D eigenvalue weighted by atomic mass is 16.6. The number of ether oxygens (including phenoxy) is 2. The van der Waals surface area contributed by atoms with Crippen molar-refractivity contribution in [2.45, 2.75) is 26.4 Å². The standard InChI is InChI=1S/C15H20N2O5/c1-15(2,3)22-14(18)16-10-6-7-11-12(17(19)20)8-5-9-13(11)21-4/h5-9H,10H2,1-4H3,(H,16,18). The zero-order valence-corrected chi connectivity index (χ0v) is 13.1. The first kappa shape index (κ1) is 17.5. The van der Waals surface area contributed by atoms with E-state index in [-0.39, 0.29) is 12.2 Å². The molecule has 7 nitrogen and oxygen atoms in total. The number of hydrogen-bond donors (Lipinski definition) is 1. The summed E-state index contributed by atoms with van der Waals surface area (Å²) in [7, 11) is 1.44. The number of carbonyl (C=O) groups excluding carboxylic acids is 1. The molecule has 0 radical (unpaired) electrons. The first-order valence-corrected chi connectivity index (χ1v) is 6.69. The van der Waals surface area contributed by atoms with Crippen LogP contribution in [0.4, 0.5) is 10.5 Å². The molecule has 0 aliphatic carbocycles. The molecule has 1 aromatic rings. The van der Waals surface area contributed by atoms with Crippen molar-refractivity contribution in [1.82, 2.24) is 5.32 Å². The van der Waals surface area contributed by atoms with E-state index in [1.54, 1.807) is 39.0 Å². The van der Waals surface area contributed by atoms with Crippen LogP contribution in [0.3, 0.4) is 0 Å². The van der Waals surface area contributed by atoms with Gasteiger partial charge in [-0.25, -0.2) is 4.79 Å². The normalized spacial score (nSPS) is 11.3. The van der Waals surface area contributed by atoms with Gasteiger partial charge in [0.05, 0.1) is 17.6 Å². The molecule has 0 bridgehead atoms. The Morgan fingerprint density at radius 2 is 2.09 bits per heavy atom. The zero-order chi connectivity index (χ0) is 16.8. The molecule has 0 aliphatic rings. The molecule has 1 N–H and O–H groups in total. The molecule has 0 aliphatic heterocycles. The van der Waals surface area contributed by atoms with E-state index >= 15 is 0 Å². The summed E-state index contributed by atoms with van der Waals surface area (Å²) in [6.07, 6.45) is 2.58. The summed E-state index contributed by atoms with van der Waals surface area (Å²) in [4.78, 5) is 22.0. The van der Waals surface area contributed by atoms with Crippen LogP contribution in [0.25, 0.3) is 6.08 Å². The highest BCUT2D eigenvalue weighted by Gasteiger charge is 2.16. The quantitative estimate of drug-likeness (QED) is 0.666. The van der Waals surface area contributed by atoms with Crippen LogP contribution in [-0.4, -0.2) is 30.3 Å². The van der Waals surface area contributed by atoms with Crippen molar-refractivity contribution in [1.29, 1.82) is 0 Å². The van der Waals surface area contributed by atoms with Gasteiger partial charge >= 0.3 is 6.09 Å². The molecular weight excluding hydrogens is 288 g/mol. The Morgan fingerprint density at radius 1 is 1.41 bits per heavy atom. The fourth-order valence-electron chi connectivity index (χ4n) is 1.67. The molecular formula is C15H20N2O5. The first-order valence-electron chi connectivity index (χ1n) is 6.69. The average molecular weight is 308 g/mol. The van der Waals surface area contributed by atoms with E-state index in [1.165, 1.54) is 19.3 Å². The first-order chi connectivity index (χ1) is 10.2. The lowest BCUT2D eigenvalue weighted by Gasteiger charge is -2.19. The maximum atomic E-state index is 11.5. The number of rotatable bonds is 5. The summed E-state index contributed by atoms with van der Waals surface area (Å²) in [5, 5.41) is 13.6. The van der Waals surface area contributed by atoms with E-state index in [9.17, 15) is 14.9 Å². The van der Waals surface area contributed by atoms with Crippen LogP contribution in [0, 0.1) is 10.1 Å². The van der Waals surface area contributed by atoms with Crippen LogP contribution < -0.4 is 10.1 Å². The van der Waals surface area contributed by atoms with Gasteiger partial charge in [0, 0.05) is 12.6 Å². The van der Waals surface area contributed by atoms with Crippen LogP contribution in [0.2, 0.25) is 0 Å². The monoisotopic (exact) mass is 308 g/mol. The summed E-state index contributed by atoms with van der Waals surface area (Å²) in [6, 6.07) is 4.57. The highest BCUT2D eigenvalue weighted by Crippen LogP contribution is 2.29. The van der Waals surface area contributed by atoms with E-state index in [0.717, 1.165) is 0 Å². The van der Waals surface area contributed by atoms with Crippen molar-refractivity contribution in [3.63, 3.8) is 0 Å². The second-order valence-electron chi connectivity index (χ2n) is 5.44.